The number of nitrogens with zero attached hydrogens (tertiary/aromatic N) is 3. The van der Waals surface area contributed by atoms with Crippen molar-refractivity contribution in [2.45, 2.75) is 47.0 Å². The number of aromatic nitrogens is 1. The van der Waals surface area contributed by atoms with Crippen molar-refractivity contribution in [3.8, 4) is 61.3 Å². The monoisotopic (exact) mass is 1050 g/mol. The predicted octanol–water partition coefficient (Wildman–Crippen LogP) is 21.9. The van der Waals surface area contributed by atoms with Crippen LogP contribution in [-0.2, 0) is 5.41 Å². The molecule has 14 rings (SSSR count). The van der Waals surface area contributed by atoms with E-state index in [1.54, 1.807) is 0 Å². The van der Waals surface area contributed by atoms with Crippen molar-refractivity contribution in [1.29, 1.82) is 0 Å². The summed E-state index contributed by atoms with van der Waals surface area (Å²) in [6.45, 7) is 13.5. The average Bonchev–Trinajstić information content (AvgIpc) is 2.36. The third kappa shape index (κ3) is 8.96. The van der Waals surface area contributed by atoms with Crippen molar-refractivity contribution in [2.75, 3.05) is 9.80 Å². The van der Waals surface area contributed by atoms with Crippen LogP contribution in [0.5, 0.6) is 0 Å². The molecule has 0 aliphatic heterocycles. The minimum absolute atomic E-state index is 0.280. The molecule has 394 valence electrons. The number of aryl methyl sites for hydroxylation is 4. The maximum Gasteiger partial charge on any atom is 0.0541 e. The van der Waals surface area contributed by atoms with Gasteiger partial charge in [-0.15, -0.1) is 0 Å². The number of hydrogen-bond acceptors (Lipinski definition) is 2. The van der Waals surface area contributed by atoms with E-state index >= 15 is 0 Å². The highest BCUT2D eigenvalue weighted by molar-refractivity contribution is 6.12. The van der Waals surface area contributed by atoms with Gasteiger partial charge in [-0.2, -0.15) is 0 Å². The summed E-state index contributed by atoms with van der Waals surface area (Å²) < 4.78 is 2.45. The Morgan fingerprint density at radius 3 is 1.17 bits per heavy atom. The predicted molar refractivity (Wildman–Crippen MR) is 348 cm³/mol. The molecule has 12 aromatic carbocycles. The molecule has 1 heterocycles. The van der Waals surface area contributed by atoms with Gasteiger partial charge in [-0.05, 0) is 210 Å². The molecule has 0 fully saturated rings. The van der Waals surface area contributed by atoms with E-state index in [0.29, 0.717) is 0 Å². The molecule has 0 spiro atoms. The van der Waals surface area contributed by atoms with E-state index in [-0.39, 0.29) is 5.41 Å². The summed E-state index contributed by atoms with van der Waals surface area (Å²) in [6, 6.07) is 102. The third-order valence-corrected chi connectivity index (χ3v) is 17.0. The number of hydrogen-bond donors (Lipinski definition) is 0. The van der Waals surface area contributed by atoms with Gasteiger partial charge < -0.3 is 14.4 Å². The van der Waals surface area contributed by atoms with Crippen LogP contribution >= 0.6 is 0 Å². The molecule has 0 atom stereocenters. The molecule has 0 amide bonds. The molecule has 1 aliphatic carbocycles. The van der Waals surface area contributed by atoms with Crippen molar-refractivity contribution < 1.29 is 0 Å². The van der Waals surface area contributed by atoms with E-state index in [0.717, 1.165) is 50.9 Å². The van der Waals surface area contributed by atoms with Gasteiger partial charge >= 0.3 is 0 Å². The molecular weight excluding hydrogens is 991 g/mol. The Morgan fingerprint density at radius 2 is 0.671 bits per heavy atom. The van der Waals surface area contributed by atoms with Crippen LogP contribution in [0.2, 0.25) is 0 Å². The second kappa shape index (κ2) is 20.3. The number of fused-ring (bicyclic) bond motifs is 6. The summed E-state index contributed by atoms with van der Waals surface area (Å²) >= 11 is 0. The Morgan fingerprint density at radius 1 is 0.280 bits per heavy atom. The van der Waals surface area contributed by atoms with E-state index < -0.39 is 0 Å². The fraction of sp³-hybridized carbons (Fsp3) is 0.0886. The third-order valence-electron chi connectivity index (χ3n) is 17.0. The van der Waals surface area contributed by atoms with E-state index in [2.05, 4.69) is 329 Å². The first-order valence-electron chi connectivity index (χ1n) is 28.6. The van der Waals surface area contributed by atoms with Gasteiger partial charge in [-0.1, -0.05) is 194 Å². The smallest absolute Gasteiger partial charge is 0.0541 e. The highest BCUT2D eigenvalue weighted by Crippen LogP contribution is 2.55. The summed E-state index contributed by atoms with van der Waals surface area (Å²) in [5.74, 6) is 0. The average molecular weight is 1050 g/mol. The number of benzene rings is 12. The first kappa shape index (κ1) is 50.3. The Kier molecular flexibility index (Phi) is 12.4. The highest BCUT2D eigenvalue weighted by Gasteiger charge is 2.38. The first-order valence-corrected chi connectivity index (χ1v) is 28.6. The summed E-state index contributed by atoms with van der Waals surface area (Å²) in [5, 5.41) is 2.44. The van der Waals surface area contributed by atoms with Crippen LogP contribution in [0, 0.1) is 27.7 Å². The summed E-state index contributed by atoms with van der Waals surface area (Å²) in [5.41, 5.74) is 29.3. The van der Waals surface area contributed by atoms with Crippen molar-refractivity contribution in [3.05, 3.63) is 306 Å². The van der Waals surface area contributed by atoms with Gasteiger partial charge in [-0.25, -0.2) is 0 Å². The molecule has 3 nitrogen and oxygen atoms in total. The van der Waals surface area contributed by atoms with Crippen LogP contribution in [-0.4, -0.2) is 4.57 Å². The molecule has 3 heteroatoms. The summed E-state index contributed by atoms with van der Waals surface area (Å²) in [7, 11) is 0. The van der Waals surface area contributed by atoms with E-state index in [1.807, 2.05) is 0 Å². The maximum atomic E-state index is 2.50. The minimum atomic E-state index is -0.280. The molecule has 0 radical (unpaired) electrons. The van der Waals surface area contributed by atoms with Gasteiger partial charge in [0.05, 0.1) is 11.0 Å². The topological polar surface area (TPSA) is 11.4 Å². The second-order valence-corrected chi connectivity index (χ2v) is 22.9. The zero-order valence-corrected chi connectivity index (χ0v) is 47.3. The lowest BCUT2D eigenvalue weighted by Crippen LogP contribution is -2.16. The van der Waals surface area contributed by atoms with E-state index in [9.17, 15) is 0 Å². The molecule has 82 heavy (non-hydrogen) atoms. The normalized spacial score (nSPS) is 12.4. The first-order chi connectivity index (χ1) is 40.0. The van der Waals surface area contributed by atoms with E-state index in [4.69, 9.17) is 0 Å². The van der Waals surface area contributed by atoms with Gasteiger partial charge in [0.2, 0.25) is 0 Å². The SMILES string of the molecule is Cc1ccc(N(c2ccc(C)cc2)c2cc(-c3cc(-c4ccc5c(c4)c4cc(-c6ccccc6)ccc4n5-c4ccc(-c5ccccc5)cc4)c4c(c3)-c3ccccc3C4(C)C)cc(N(c3ccc(C)cc3)c3ccc(C)cc3)c2)cc1. The lowest BCUT2D eigenvalue weighted by molar-refractivity contribution is 0.662. The zero-order chi connectivity index (χ0) is 55.6. The van der Waals surface area contributed by atoms with Gasteiger partial charge in [-0.3, -0.25) is 0 Å². The molecule has 13 aromatic rings. The number of rotatable bonds is 11. The largest absolute Gasteiger partial charge is 0.310 e. The van der Waals surface area contributed by atoms with Crippen molar-refractivity contribution in [1.82, 2.24) is 4.57 Å². The van der Waals surface area contributed by atoms with Gasteiger partial charge in [0.25, 0.3) is 0 Å². The van der Waals surface area contributed by atoms with Crippen LogP contribution in [0.1, 0.15) is 47.2 Å². The summed E-state index contributed by atoms with van der Waals surface area (Å²) in [6.07, 6.45) is 0. The van der Waals surface area contributed by atoms with Gasteiger partial charge in [0, 0.05) is 56.0 Å². The second-order valence-electron chi connectivity index (χ2n) is 22.9. The van der Waals surface area contributed by atoms with E-state index in [1.165, 1.54) is 99.7 Å². The van der Waals surface area contributed by atoms with Crippen LogP contribution in [0.25, 0.3) is 83.1 Å². The summed E-state index contributed by atoms with van der Waals surface area (Å²) in [4.78, 5) is 4.84. The number of anilines is 6. The highest BCUT2D eigenvalue weighted by atomic mass is 15.2. The molecule has 0 saturated carbocycles. The maximum absolute atomic E-state index is 2.50. The molecule has 1 aliphatic rings. The minimum Gasteiger partial charge on any atom is -0.310 e. The fourth-order valence-corrected chi connectivity index (χ4v) is 12.7. The van der Waals surface area contributed by atoms with Gasteiger partial charge in [0.1, 0.15) is 0 Å². The van der Waals surface area contributed by atoms with Crippen molar-refractivity contribution in [2.24, 2.45) is 0 Å². The van der Waals surface area contributed by atoms with Crippen LogP contribution in [0.3, 0.4) is 0 Å². The standard InChI is InChI=1S/C79H63N3/c1-52-21-33-63(34-22-52)80(64-35-23-53(2)24-36-64)68-45-61(46-69(51-68)81(65-37-25-54(3)26-38-65)66-39-27-55(4)28-40-66)62-49-71(78-74(50-62)70-19-13-14-20-75(70)79(78,5)6)60-32-44-77-73(48-60)72-47-59(57-17-11-8-12-18-57)31-43-76(72)82(77)67-41-29-58(30-42-67)56-15-9-7-10-16-56/h7-51H,1-6H3. The molecule has 0 saturated heterocycles. The van der Waals surface area contributed by atoms with Crippen molar-refractivity contribution >= 4 is 55.9 Å². The van der Waals surface area contributed by atoms with Gasteiger partial charge in [0.15, 0.2) is 0 Å². The van der Waals surface area contributed by atoms with Crippen LogP contribution in [0.15, 0.2) is 273 Å². The lowest BCUT2D eigenvalue weighted by Gasteiger charge is -2.31. The van der Waals surface area contributed by atoms with Crippen LogP contribution < -0.4 is 9.80 Å². The molecular formula is C79H63N3. The lowest BCUT2D eigenvalue weighted by atomic mass is 9.78. The molecule has 0 unspecified atom stereocenters. The Balaban J connectivity index is 1.03. The quantitative estimate of drug-likeness (QED) is 0.128. The molecule has 0 bridgehead atoms. The fourth-order valence-electron chi connectivity index (χ4n) is 12.7. The van der Waals surface area contributed by atoms with Crippen LogP contribution in [0.4, 0.5) is 34.1 Å². The molecule has 1 aromatic heterocycles. The van der Waals surface area contributed by atoms with Crippen molar-refractivity contribution in [3.63, 3.8) is 0 Å². The molecule has 0 N–H and O–H groups in total. The Hall–Kier alpha value is -9.96. The zero-order valence-electron chi connectivity index (χ0n) is 47.3. The Bertz CT molecular complexity index is 4310. The Labute approximate surface area is 482 Å².